The van der Waals surface area contributed by atoms with Gasteiger partial charge in [0, 0.05) is 0 Å². The minimum Gasteiger partial charge on any atom is -0.495 e. The van der Waals surface area contributed by atoms with Gasteiger partial charge in [0.1, 0.15) is 5.75 Å². The van der Waals surface area contributed by atoms with E-state index in [0.29, 0.717) is 5.92 Å². The second-order valence-corrected chi connectivity index (χ2v) is 5.58. The fourth-order valence-electron chi connectivity index (χ4n) is 2.67. The van der Waals surface area contributed by atoms with Gasteiger partial charge >= 0.3 is 0 Å². The van der Waals surface area contributed by atoms with Crippen molar-refractivity contribution in [3.63, 3.8) is 0 Å². The van der Waals surface area contributed by atoms with Crippen molar-refractivity contribution in [2.24, 2.45) is 5.73 Å². The van der Waals surface area contributed by atoms with Gasteiger partial charge in [-0.3, -0.25) is 0 Å². The van der Waals surface area contributed by atoms with Gasteiger partial charge in [0.15, 0.2) is 0 Å². The molecule has 0 bridgehead atoms. The van der Waals surface area contributed by atoms with Gasteiger partial charge in [-0.25, -0.2) is 0 Å². The minimum atomic E-state index is 0.456. The standard InChI is InChI=1S/C14H20BrNO/c1-9(6-7-16)12-8-10-4-3-5-11(10)13(15)14(12)17-2/h8-9H,3-7,16H2,1-2H3. The predicted molar refractivity (Wildman–Crippen MR) is 74.8 cm³/mol. The van der Waals surface area contributed by atoms with Crippen LogP contribution >= 0.6 is 15.9 Å². The summed E-state index contributed by atoms with van der Waals surface area (Å²) in [7, 11) is 1.75. The van der Waals surface area contributed by atoms with E-state index >= 15 is 0 Å². The molecule has 0 amide bonds. The summed E-state index contributed by atoms with van der Waals surface area (Å²) in [5.74, 6) is 1.46. The Balaban J connectivity index is 2.47. The molecule has 1 unspecified atom stereocenters. The fourth-order valence-corrected chi connectivity index (χ4v) is 3.52. The van der Waals surface area contributed by atoms with Crippen LogP contribution in [0.1, 0.15) is 42.4 Å². The van der Waals surface area contributed by atoms with Crippen LogP contribution in [0.15, 0.2) is 10.5 Å². The monoisotopic (exact) mass is 297 g/mol. The van der Waals surface area contributed by atoms with Gasteiger partial charge < -0.3 is 10.5 Å². The number of nitrogens with two attached hydrogens (primary N) is 1. The molecule has 1 aromatic rings. The van der Waals surface area contributed by atoms with E-state index in [4.69, 9.17) is 10.5 Å². The van der Waals surface area contributed by atoms with Gasteiger partial charge in [0.05, 0.1) is 11.6 Å². The number of aryl methyl sites for hydroxylation is 1. The third-order valence-corrected chi connectivity index (χ3v) is 4.49. The maximum absolute atomic E-state index is 5.66. The van der Waals surface area contributed by atoms with Gasteiger partial charge in [0.25, 0.3) is 0 Å². The highest BCUT2D eigenvalue weighted by Crippen LogP contribution is 2.42. The Labute approximate surface area is 112 Å². The highest BCUT2D eigenvalue weighted by molar-refractivity contribution is 9.10. The Morgan fingerprint density at radius 3 is 2.88 bits per heavy atom. The molecule has 0 aliphatic heterocycles. The van der Waals surface area contributed by atoms with Crippen molar-refractivity contribution >= 4 is 15.9 Å². The van der Waals surface area contributed by atoms with Gasteiger partial charge in [-0.1, -0.05) is 13.0 Å². The lowest BCUT2D eigenvalue weighted by molar-refractivity contribution is 0.402. The van der Waals surface area contributed by atoms with Crippen molar-refractivity contribution in [1.82, 2.24) is 0 Å². The zero-order chi connectivity index (χ0) is 12.4. The average molecular weight is 298 g/mol. The molecule has 94 valence electrons. The highest BCUT2D eigenvalue weighted by Gasteiger charge is 2.22. The molecule has 1 aromatic carbocycles. The number of hydrogen-bond donors (Lipinski definition) is 1. The summed E-state index contributed by atoms with van der Waals surface area (Å²) >= 11 is 3.71. The van der Waals surface area contributed by atoms with Crippen molar-refractivity contribution in [2.75, 3.05) is 13.7 Å². The molecule has 0 spiro atoms. The molecular formula is C14H20BrNO. The van der Waals surface area contributed by atoms with E-state index in [1.807, 2.05) is 0 Å². The quantitative estimate of drug-likeness (QED) is 0.924. The Bertz CT molecular complexity index is 417. The lowest BCUT2D eigenvalue weighted by Crippen LogP contribution is -2.07. The number of benzene rings is 1. The highest BCUT2D eigenvalue weighted by atomic mass is 79.9. The normalized spacial score (nSPS) is 15.8. The maximum Gasteiger partial charge on any atom is 0.136 e. The van der Waals surface area contributed by atoms with E-state index in [2.05, 4.69) is 28.9 Å². The molecule has 0 saturated heterocycles. The summed E-state index contributed by atoms with van der Waals surface area (Å²) < 4.78 is 6.74. The number of halogens is 1. The number of rotatable bonds is 4. The summed E-state index contributed by atoms with van der Waals surface area (Å²) in [4.78, 5) is 0. The molecule has 0 fully saturated rings. The zero-order valence-electron chi connectivity index (χ0n) is 10.6. The Kier molecular flexibility index (Phi) is 4.10. The lowest BCUT2D eigenvalue weighted by Gasteiger charge is -2.19. The molecule has 3 heteroatoms. The van der Waals surface area contributed by atoms with Crippen molar-refractivity contribution in [2.45, 2.75) is 38.5 Å². The molecule has 1 aliphatic rings. The second-order valence-electron chi connectivity index (χ2n) is 4.78. The van der Waals surface area contributed by atoms with Crippen LogP contribution in [0.3, 0.4) is 0 Å². The molecule has 2 rings (SSSR count). The van der Waals surface area contributed by atoms with Crippen molar-refractivity contribution in [3.8, 4) is 5.75 Å². The van der Waals surface area contributed by atoms with E-state index in [-0.39, 0.29) is 0 Å². The van der Waals surface area contributed by atoms with Crippen LogP contribution in [0.5, 0.6) is 5.75 Å². The minimum absolute atomic E-state index is 0.456. The van der Waals surface area contributed by atoms with Gasteiger partial charge in [0.2, 0.25) is 0 Å². The first kappa shape index (κ1) is 12.9. The van der Waals surface area contributed by atoms with E-state index in [9.17, 15) is 0 Å². The van der Waals surface area contributed by atoms with Crippen molar-refractivity contribution in [3.05, 3.63) is 27.2 Å². The molecule has 2 N–H and O–H groups in total. The van der Waals surface area contributed by atoms with Crippen LogP contribution in [-0.2, 0) is 12.8 Å². The summed E-state index contributed by atoms with van der Waals surface area (Å²) in [5.41, 5.74) is 9.87. The van der Waals surface area contributed by atoms with Crippen LogP contribution in [0.25, 0.3) is 0 Å². The number of methoxy groups -OCH3 is 1. The van der Waals surface area contributed by atoms with Crippen LogP contribution < -0.4 is 10.5 Å². The van der Waals surface area contributed by atoms with Gasteiger partial charge in [-0.05, 0) is 70.8 Å². The van der Waals surface area contributed by atoms with E-state index < -0.39 is 0 Å². The third-order valence-electron chi connectivity index (χ3n) is 3.65. The van der Waals surface area contributed by atoms with Gasteiger partial charge in [-0.15, -0.1) is 0 Å². The fraction of sp³-hybridized carbons (Fsp3) is 0.571. The van der Waals surface area contributed by atoms with Crippen molar-refractivity contribution < 1.29 is 4.74 Å². The molecule has 0 aromatic heterocycles. The van der Waals surface area contributed by atoms with Crippen LogP contribution in [-0.4, -0.2) is 13.7 Å². The summed E-state index contributed by atoms with van der Waals surface area (Å²) in [6.07, 6.45) is 4.62. The SMILES string of the molecule is COc1c(C(C)CCN)cc2c(c1Br)CCC2. The smallest absolute Gasteiger partial charge is 0.136 e. The number of ether oxygens (including phenoxy) is 1. The molecule has 1 atom stereocenters. The van der Waals surface area contributed by atoms with Gasteiger partial charge in [-0.2, -0.15) is 0 Å². The van der Waals surface area contributed by atoms with Crippen LogP contribution in [0.4, 0.5) is 0 Å². The Hall–Kier alpha value is -0.540. The number of hydrogen-bond acceptors (Lipinski definition) is 2. The predicted octanol–water partition coefficient (Wildman–Crippen LogP) is 3.40. The molecule has 17 heavy (non-hydrogen) atoms. The summed E-state index contributed by atoms with van der Waals surface area (Å²) in [6, 6.07) is 2.33. The molecule has 0 saturated carbocycles. The first-order chi connectivity index (χ1) is 8.19. The first-order valence-corrected chi connectivity index (χ1v) is 7.06. The first-order valence-electron chi connectivity index (χ1n) is 6.27. The molecule has 2 nitrogen and oxygen atoms in total. The average Bonchev–Trinajstić information content (AvgIpc) is 2.77. The zero-order valence-corrected chi connectivity index (χ0v) is 12.1. The maximum atomic E-state index is 5.66. The number of fused-ring (bicyclic) bond motifs is 1. The lowest BCUT2D eigenvalue weighted by atomic mass is 9.93. The Morgan fingerprint density at radius 2 is 2.24 bits per heavy atom. The van der Waals surface area contributed by atoms with E-state index in [0.717, 1.165) is 29.6 Å². The summed E-state index contributed by atoms with van der Waals surface area (Å²) in [5, 5.41) is 0. The van der Waals surface area contributed by atoms with Crippen molar-refractivity contribution in [1.29, 1.82) is 0 Å². The molecule has 0 heterocycles. The van der Waals surface area contributed by atoms with Crippen LogP contribution in [0.2, 0.25) is 0 Å². The van der Waals surface area contributed by atoms with Crippen LogP contribution in [0, 0.1) is 0 Å². The van der Waals surface area contributed by atoms with E-state index in [1.165, 1.54) is 29.5 Å². The third kappa shape index (κ3) is 2.36. The largest absolute Gasteiger partial charge is 0.495 e. The molecule has 1 aliphatic carbocycles. The second kappa shape index (κ2) is 5.40. The summed E-state index contributed by atoms with van der Waals surface area (Å²) in [6.45, 7) is 2.94. The molecular weight excluding hydrogens is 278 g/mol. The van der Waals surface area contributed by atoms with E-state index in [1.54, 1.807) is 7.11 Å². The topological polar surface area (TPSA) is 35.2 Å². The Morgan fingerprint density at radius 1 is 1.47 bits per heavy atom. The molecule has 0 radical (unpaired) electrons.